The molecule has 2 heterocycles. The second-order valence-electron chi connectivity index (χ2n) is 9.04. The Labute approximate surface area is 190 Å². The lowest BCUT2D eigenvalue weighted by atomic mass is 9.91. The van der Waals surface area contributed by atoms with Gasteiger partial charge in [-0.1, -0.05) is 41.9 Å². The van der Waals surface area contributed by atoms with Crippen LogP contribution in [0.4, 0.5) is 0 Å². The third-order valence-corrected chi connectivity index (χ3v) is 6.54. The first kappa shape index (κ1) is 22.2. The molecule has 0 saturated carbocycles. The number of benzene rings is 1. The molecule has 4 rings (SSSR count). The van der Waals surface area contributed by atoms with Crippen molar-refractivity contribution in [3.8, 4) is 0 Å². The van der Waals surface area contributed by atoms with Gasteiger partial charge in [0.2, 0.25) is 0 Å². The van der Waals surface area contributed by atoms with Gasteiger partial charge in [-0.25, -0.2) is 4.79 Å². The summed E-state index contributed by atoms with van der Waals surface area (Å²) in [5.74, 6) is 0.250. The van der Waals surface area contributed by atoms with Crippen molar-refractivity contribution in [3.63, 3.8) is 0 Å². The minimum Gasteiger partial charge on any atom is -0.390 e. The topological polar surface area (TPSA) is 67.5 Å². The van der Waals surface area contributed by atoms with Crippen molar-refractivity contribution in [1.29, 1.82) is 0 Å². The molecular formula is C24H30BrN3O3. The summed E-state index contributed by atoms with van der Waals surface area (Å²) in [5, 5.41) is 11.3. The summed E-state index contributed by atoms with van der Waals surface area (Å²) in [6, 6.07) is 5.41. The minimum atomic E-state index is -0.794. The zero-order valence-corrected chi connectivity index (χ0v) is 19.8. The van der Waals surface area contributed by atoms with Crippen molar-refractivity contribution in [2.24, 2.45) is 5.92 Å². The van der Waals surface area contributed by atoms with Crippen molar-refractivity contribution >= 4 is 26.8 Å². The zero-order valence-electron chi connectivity index (χ0n) is 18.2. The first-order valence-electron chi connectivity index (χ1n) is 11.0. The number of nitrogens with zero attached hydrogens (tertiary/aromatic N) is 3. The maximum absolute atomic E-state index is 13.2. The molecular weight excluding hydrogens is 458 g/mol. The van der Waals surface area contributed by atoms with Gasteiger partial charge < -0.3 is 5.11 Å². The highest BCUT2D eigenvalue weighted by molar-refractivity contribution is 9.10. The van der Waals surface area contributed by atoms with E-state index in [-0.39, 0.29) is 23.7 Å². The molecule has 1 aromatic heterocycles. The Kier molecular flexibility index (Phi) is 6.65. The average Bonchev–Trinajstić information content (AvgIpc) is 2.74. The molecule has 1 fully saturated rings. The SMILES string of the molecule is CC(C)Cn1c(=O)n(CC(O)CN2CCC3=CCCC=C3C2)c(=O)c2cc(Br)ccc21. The first-order chi connectivity index (χ1) is 14.8. The molecule has 0 amide bonds. The number of aliphatic hydroxyl groups is 1. The third kappa shape index (κ3) is 4.78. The number of hydrogen-bond acceptors (Lipinski definition) is 4. The summed E-state index contributed by atoms with van der Waals surface area (Å²) in [6.07, 6.45) is 7.01. The molecule has 1 atom stereocenters. The van der Waals surface area contributed by atoms with Gasteiger partial charge in [-0.15, -0.1) is 0 Å². The second-order valence-corrected chi connectivity index (χ2v) is 9.95. The van der Waals surface area contributed by atoms with Crippen LogP contribution in [0.5, 0.6) is 0 Å². The fourth-order valence-electron chi connectivity index (χ4n) is 4.63. The molecule has 6 nitrogen and oxygen atoms in total. The molecule has 0 radical (unpaired) electrons. The maximum Gasteiger partial charge on any atom is 0.331 e. The van der Waals surface area contributed by atoms with Crippen molar-refractivity contribution in [3.05, 3.63) is 66.8 Å². The van der Waals surface area contributed by atoms with Gasteiger partial charge in [0.15, 0.2) is 0 Å². The third-order valence-electron chi connectivity index (χ3n) is 6.05. The lowest BCUT2D eigenvalue weighted by molar-refractivity contribution is 0.0975. The summed E-state index contributed by atoms with van der Waals surface area (Å²) in [7, 11) is 0. The number of rotatable bonds is 6. The van der Waals surface area contributed by atoms with Gasteiger partial charge in [-0.05, 0) is 54.5 Å². The summed E-state index contributed by atoms with van der Waals surface area (Å²) < 4.78 is 3.65. The van der Waals surface area contributed by atoms with Crippen LogP contribution in [0, 0.1) is 5.92 Å². The second kappa shape index (κ2) is 9.27. The number of aromatic nitrogens is 2. The highest BCUT2D eigenvalue weighted by Gasteiger charge is 2.23. The number of β-amino-alcohol motifs (C(OH)–C–C–N with tert-alkyl or cyclic N) is 1. The Hall–Kier alpha value is -1.96. The fraction of sp³-hybridized carbons (Fsp3) is 0.500. The van der Waals surface area contributed by atoms with E-state index < -0.39 is 6.10 Å². The molecule has 1 aromatic carbocycles. The predicted molar refractivity (Wildman–Crippen MR) is 127 cm³/mol. The van der Waals surface area contributed by atoms with E-state index in [1.54, 1.807) is 10.6 Å². The van der Waals surface area contributed by atoms with Crippen LogP contribution in [-0.4, -0.2) is 44.9 Å². The Morgan fingerprint density at radius 3 is 2.52 bits per heavy atom. The van der Waals surface area contributed by atoms with E-state index in [4.69, 9.17) is 0 Å². The van der Waals surface area contributed by atoms with E-state index >= 15 is 0 Å². The monoisotopic (exact) mass is 487 g/mol. The first-order valence-corrected chi connectivity index (χ1v) is 11.8. The predicted octanol–water partition coefficient (Wildman–Crippen LogP) is 3.29. The van der Waals surface area contributed by atoms with Crippen LogP contribution in [0.1, 0.15) is 33.1 Å². The Balaban J connectivity index is 1.60. The normalized spacial score (nSPS) is 18.1. The number of fused-ring (bicyclic) bond motifs is 2. The molecule has 7 heteroatoms. The van der Waals surface area contributed by atoms with Crippen molar-refractivity contribution in [1.82, 2.24) is 14.0 Å². The molecule has 166 valence electrons. The van der Waals surface area contributed by atoms with Crippen LogP contribution in [-0.2, 0) is 13.1 Å². The highest BCUT2D eigenvalue weighted by Crippen LogP contribution is 2.27. The maximum atomic E-state index is 13.2. The molecule has 1 aliphatic heterocycles. The standard InChI is InChI=1S/C24H30BrN3O3/c1-16(2)12-27-22-8-7-19(25)11-21(22)23(30)28(24(27)31)15-20(29)14-26-10-9-17-5-3-4-6-18(17)13-26/h5-8,11,16,20,29H,3-4,9-10,12-15H2,1-2H3. The van der Waals surface area contributed by atoms with Gasteiger partial charge in [-0.2, -0.15) is 0 Å². The van der Waals surface area contributed by atoms with Gasteiger partial charge >= 0.3 is 5.69 Å². The van der Waals surface area contributed by atoms with Gasteiger partial charge in [0.05, 0.1) is 23.6 Å². The van der Waals surface area contributed by atoms with E-state index in [9.17, 15) is 14.7 Å². The number of likely N-dealkylation sites (tertiary alicyclic amines) is 1. The van der Waals surface area contributed by atoms with E-state index in [2.05, 4.69) is 33.0 Å². The van der Waals surface area contributed by atoms with Crippen molar-refractivity contribution in [2.75, 3.05) is 19.6 Å². The van der Waals surface area contributed by atoms with Crippen LogP contribution in [0.25, 0.3) is 10.9 Å². The number of aliphatic hydroxyl groups excluding tert-OH is 1. The van der Waals surface area contributed by atoms with Gasteiger partial charge in [-0.3, -0.25) is 18.8 Å². The van der Waals surface area contributed by atoms with Crippen LogP contribution >= 0.6 is 15.9 Å². The number of hydrogen-bond donors (Lipinski definition) is 1. The van der Waals surface area contributed by atoms with E-state index in [1.807, 2.05) is 26.0 Å². The highest BCUT2D eigenvalue weighted by atomic mass is 79.9. The van der Waals surface area contributed by atoms with Crippen LogP contribution in [0.2, 0.25) is 0 Å². The minimum absolute atomic E-state index is 0.00351. The molecule has 2 aliphatic rings. The quantitative estimate of drug-likeness (QED) is 0.678. The number of halogens is 1. The van der Waals surface area contributed by atoms with Crippen molar-refractivity contribution < 1.29 is 5.11 Å². The van der Waals surface area contributed by atoms with Crippen LogP contribution < -0.4 is 11.2 Å². The molecule has 1 unspecified atom stereocenters. The zero-order chi connectivity index (χ0) is 22.1. The number of allylic oxidation sites excluding steroid dienone is 2. The van der Waals surface area contributed by atoms with Gasteiger partial charge in [0.1, 0.15) is 0 Å². The summed E-state index contributed by atoms with van der Waals surface area (Å²) in [6.45, 7) is 6.74. The van der Waals surface area contributed by atoms with Crippen LogP contribution in [0.15, 0.2) is 55.6 Å². The molecule has 0 bridgehead atoms. The average molecular weight is 488 g/mol. The molecule has 1 saturated heterocycles. The summed E-state index contributed by atoms with van der Waals surface area (Å²) >= 11 is 3.43. The molecule has 1 N–H and O–H groups in total. The van der Waals surface area contributed by atoms with E-state index in [1.165, 1.54) is 15.7 Å². The van der Waals surface area contributed by atoms with E-state index in [0.717, 1.165) is 36.8 Å². The summed E-state index contributed by atoms with van der Waals surface area (Å²) in [4.78, 5) is 28.6. The van der Waals surface area contributed by atoms with Crippen molar-refractivity contribution in [2.45, 2.75) is 52.3 Å². The smallest absolute Gasteiger partial charge is 0.331 e. The van der Waals surface area contributed by atoms with Gasteiger partial charge in [0, 0.05) is 30.7 Å². The Morgan fingerprint density at radius 1 is 1.03 bits per heavy atom. The number of piperidine rings is 1. The molecule has 31 heavy (non-hydrogen) atoms. The van der Waals surface area contributed by atoms with Crippen LogP contribution in [0.3, 0.4) is 0 Å². The molecule has 0 spiro atoms. The van der Waals surface area contributed by atoms with E-state index in [0.29, 0.717) is 24.0 Å². The Morgan fingerprint density at radius 2 is 1.77 bits per heavy atom. The Bertz CT molecular complexity index is 1160. The summed E-state index contributed by atoms with van der Waals surface area (Å²) in [5.41, 5.74) is 2.73. The molecule has 1 aliphatic carbocycles. The van der Waals surface area contributed by atoms with Gasteiger partial charge in [0.25, 0.3) is 5.56 Å². The lowest BCUT2D eigenvalue weighted by Crippen LogP contribution is -2.46. The molecule has 2 aromatic rings. The largest absolute Gasteiger partial charge is 0.390 e. The fourth-order valence-corrected chi connectivity index (χ4v) is 4.99. The lowest BCUT2D eigenvalue weighted by Gasteiger charge is -2.33.